The zero-order chi connectivity index (χ0) is 22.8. The lowest BCUT2D eigenvalue weighted by Crippen LogP contribution is -2.10. The molecule has 0 amide bonds. The van der Waals surface area contributed by atoms with E-state index in [1.54, 1.807) is 31.2 Å². The Kier molecular flexibility index (Phi) is 5.46. The van der Waals surface area contributed by atoms with E-state index in [1.807, 2.05) is 0 Å². The van der Waals surface area contributed by atoms with Gasteiger partial charge in [0.05, 0.1) is 19.7 Å². The molecule has 0 aliphatic carbocycles. The van der Waals surface area contributed by atoms with Crippen molar-refractivity contribution in [2.75, 3.05) is 24.9 Å². The number of aryl methyl sites for hydroxylation is 1. The molecule has 11 heteroatoms. The number of fused-ring (bicyclic) bond motifs is 1. The van der Waals surface area contributed by atoms with Gasteiger partial charge in [0.15, 0.2) is 23.0 Å². The maximum absolute atomic E-state index is 14.0. The van der Waals surface area contributed by atoms with E-state index in [1.165, 1.54) is 26.5 Å². The number of esters is 1. The van der Waals surface area contributed by atoms with Crippen LogP contribution >= 0.6 is 0 Å². The predicted octanol–water partition coefficient (Wildman–Crippen LogP) is 3.64. The van der Waals surface area contributed by atoms with E-state index in [0.717, 1.165) is 0 Å². The second-order valence-electron chi connectivity index (χ2n) is 6.73. The number of nitrogens with zero attached hydrogens (tertiary/aromatic N) is 2. The summed E-state index contributed by atoms with van der Waals surface area (Å²) in [5.41, 5.74) is 2.35. The zero-order valence-corrected chi connectivity index (χ0v) is 17.3. The fourth-order valence-electron chi connectivity index (χ4n) is 3.05. The quantitative estimate of drug-likeness (QED) is 0.385. The summed E-state index contributed by atoms with van der Waals surface area (Å²) >= 11 is 0. The zero-order valence-electron chi connectivity index (χ0n) is 17.3. The van der Waals surface area contributed by atoms with Gasteiger partial charge in [0, 0.05) is 23.6 Å². The smallest absolute Gasteiger partial charge is 0.417 e. The van der Waals surface area contributed by atoms with E-state index in [0.29, 0.717) is 28.0 Å². The van der Waals surface area contributed by atoms with Gasteiger partial charge in [-0.2, -0.15) is 4.98 Å². The second-order valence-corrected chi connectivity index (χ2v) is 6.73. The molecule has 2 heterocycles. The number of anilines is 4. The SMILES string of the molecule is COC(=O)c1cnc(Nc2cc(C)c(F)c(OC)c2)nc1Nc1ccc2oc(=O)[nH]c2c1. The monoisotopic (exact) mass is 439 g/mol. The van der Waals surface area contributed by atoms with Crippen molar-refractivity contribution < 1.29 is 23.1 Å². The highest BCUT2D eigenvalue weighted by atomic mass is 19.1. The topological polar surface area (TPSA) is 131 Å². The van der Waals surface area contributed by atoms with E-state index >= 15 is 0 Å². The van der Waals surface area contributed by atoms with Gasteiger partial charge in [0.2, 0.25) is 5.95 Å². The minimum Gasteiger partial charge on any atom is -0.494 e. The van der Waals surface area contributed by atoms with Crippen molar-refractivity contribution in [1.29, 1.82) is 0 Å². The van der Waals surface area contributed by atoms with Crippen LogP contribution in [0.25, 0.3) is 11.1 Å². The Hall–Kier alpha value is -4.41. The fourth-order valence-corrected chi connectivity index (χ4v) is 3.05. The minimum atomic E-state index is -0.642. The molecule has 4 rings (SSSR count). The Morgan fingerprint density at radius 3 is 2.72 bits per heavy atom. The van der Waals surface area contributed by atoms with Gasteiger partial charge in [-0.15, -0.1) is 0 Å². The number of carbonyl (C=O) groups is 1. The third-order valence-corrected chi connectivity index (χ3v) is 4.57. The van der Waals surface area contributed by atoms with Crippen molar-refractivity contribution in [2.45, 2.75) is 6.92 Å². The molecule has 2 aromatic carbocycles. The minimum absolute atomic E-state index is 0.0689. The van der Waals surface area contributed by atoms with Crippen LogP contribution < -0.4 is 21.1 Å². The van der Waals surface area contributed by atoms with Gasteiger partial charge in [0.25, 0.3) is 0 Å². The van der Waals surface area contributed by atoms with Crippen LogP contribution in [0.5, 0.6) is 5.75 Å². The molecule has 0 aliphatic heterocycles. The Balaban J connectivity index is 1.70. The van der Waals surface area contributed by atoms with E-state index in [9.17, 15) is 14.0 Å². The first kappa shape index (κ1) is 20.8. The number of hydrogen-bond donors (Lipinski definition) is 3. The molecule has 0 atom stereocenters. The van der Waals surface area contributed by atoms with E-state index in [4.69, 9.17) is 13.9 Å². The van der Waals surface area contributed by atoms with Crippen LogP contribution in [0.1, 0.15) is 15.9 Å². The highest BCUT2D eigenvalue weighted by Crippen LogP contribution is 2.28. The molecule has 164 valence electrons. The normalized spacial score (nSPS) is 10.8. The molecule has 3 N–H and O–H groups in total. The molecule has 0 saturated carbocycles. The van der Waals surface area contributed by atoms with Gasteiger partial charge in [-0.25, -0.2) is 19.0 Å². The van der Waals surface area contributed by atoms with Gasteiger partial charge in [-0.1, -0.05) is 0 Å². The lowest BCUT2D eigenvalue weighted by molar-refractivity contribution is 0.0601. The number of methoxy groups -OCH3 is 2. The number of carbonyl (C=O) groups excluding carboxylic acids is 1. The summed E-state index contributed by atoms with van der Waals surface area (Å²) in [6, 6.07) is 7.93. The third kappa shape index (κ3) is 4.08. The Morgan fingerprint density at radius 2 is 1.97 bits per heavy atom. The lowest BCUT2D eigenvalue weighted by Gasteiger charge is -2.13. The van der Waals surface area contributed by atoms with Crippen LogP contribution in [0.3, 0.4) is 0 Å². The van der Waals surface area contributed by atoms with Gasteiger partial charge < -0.3 is 24.5 Å². The van der Waals surface area contributed by atoms with Crippen LogP contribution in [0.15, 0.2) is 45.7 Å². The number of nitrogens with one attached hydrogen (secondary N) is 3. The van der Waals surface area contributed by atoms with Crippen LogP contribution in [-0.4, -0.2) is 35.1 Å². The average molecular weight is 439 g/mol. The van der Waals surface area contributed by atoms with Crippen molar-refractivity contribution in [2.24, 2.45) is 0 Å². The van der Waals surface area contributed by atoms with Crippen molar-refractivity contribution >= 4 is 40.2 Å². The van der Waals surface area contributed by atoms with E-state index in [2.05, 4.69) is 25.6 Å². The number of ether oxygens (including phenoxy) is 2. The van der Waals surface area contributed by atoms with Crippen LogP contribution in [0, 0.1) is 12.7 Å². The summed E-state index contributed by atoms with van der Waals surface area (Å²) in [6.45, 7) is 1.60. The molecule has 2 aromatic heterocycles. The van der Waals surface area contributed by atoms with Crippen LogP contribution in [0.2, 0.25) is 0 Å². The number of H-pyrrole nitrogens is 1. The summed E-state index contributed by atoms with van der Waals surface area (Å²) in [4.78, 5) is 34.6. The number of aromatic amines is 1. The molecular weight excluding hydrogens is 421 g/mol. The Labute approximate surface area is 180 Å². The first-order valence-corrected chi connectivity index (χ1v) is 9.34. The summed E-state index contributed by atoms with van der Waals surface area (Å²) in [6.07, 6.45) is 1.30. The van der Waals surface area contributed by atoms with Gasteiger partial charge in [0.1, 0.15) is 5.56 Å². The van der Waals surface area contributed by atoms with Gasteiger partial charge in [-0.3, -0.25) is 4.98 Å². The highest BCUT2D eigenvalue weighted by molar-refractivity contribution is 5.95. The molecule has 4 aromatic rings. The molecule has 0 bridgehead atoms. The summed E-state index contributed by atoms with van der Waals surface area (Å²) < 4.78 is 28.9. The molecule has 10 nitrogen and oxygen atoms in total. The third-order valence-electron chi connectivity index (χ3n) is 4.57. The maximum atomic E-state index is 14.0. The number of rotatable bonds is 6. The summed E-state index contributed by atoms with van der Waals surface area (Å²) in [5, 5.41) is 5.98. The second kappa shape index (κ2) is 8.38. The molecule has 0 fully saturated rings. The summed E-state index contributed by atoms with van der Waals surface area (Å²) in [5.74, 6) is -1.31. The largest absolute Gasteiger partial charge is 0.494 e. The van der Waals surface area contributed by atoms with E-state index < -0.39 is 17.5 Å². The van der Waals surface area contributed by atoms with Gasteiger partial charge >= 0.3 is 11.7 Å². The van der Waals surface area contributed by atoms with Crippen molar-refractivity contribution in [3.05, 3.63) is 64.0 Å². The molecule has 0 unspecified atom stereocenters. The predicted molar refractivity (Wildman–Crippen MR) is 114 cm³/mol. The summed E-state index contributed by atoms with van der Waals surface area (Å²) in [7, 11) is 2.61. The van der Waals surface area contributed by atoms with Crippen molar-refractivity contribution in [3.8, 4) is 5.75 Å². The number of aromatic nitrogens is 3. The first-order chi connectivity index (χ1) is 15.4. The fraction of sp³-hybridized carbons (Fsp3) is 0.143. The van der Waals surface area contributed by atoms with Crippen molar-refractivity contribution in [3.63, 3.8) is 0 Å². The Morgan fingerprint density at radius 1 is 1.16 bits per heavy atom. The molecule has 0 spiro atoms. The standard InChI is InChI=1S/C21H18FN5O5/c1-10-6-12(8-16(30-2)17(10)22)25-20-23-9-13(19(28)31-3)18(27-20)24-11-4-5-15-14(7-11)26-21(29)32-15/h4-9H,1-3H3,(H,26,29)(H2,23,24,25,27). The maximum Gasteiger partial charge on any atom is 0.417 e. The Bertz CT molecular complexity index is 1380. The number of hydrogen-bond acceptors (Lipinski definition) is 9. The number of halogens is 1. The highest BCUT2D eigenvalue weighted by Gasteiger charge is 2.17. The molecular formula is C21H18FN5O5. The number of benzene rings is 2. The molecule has 0 saturated heterocycles. The van der Waals surface area contributed by atoms with Crippen molar-refractivity contribution in [1.82, 2.24) is 15.0 Å². The van der Waals surface area contributed by atoms with Gasteiger partial charge in [-0.05, 0) is 36.8 Å². The van der Waals surface area contributed by atoms with Crippen LogP contribution in [-0.2, 0) is 4.74 Å². The lowest BCUT2D eigenvalue weighted by atomic mass is 10.2. The van der Waals surface area contributed by atoms with E-state index in [-0.39, 0.29) is 23.1 Å². The first-order valence-electron chi connectivity index (χ1n) is 9.34. The van der Waals surface area contributed by atoms with Crippen LogP contribution in [0.4, 0.5) is 27.5 Å². The molecule has 0 radical (unpaired) electrons. The molecule has 0 aliphatic rings. The molecule has 32 heavy (non-hydrogen) atoms. The average Bonchev–Trinajstić information content (AvgIpc) is 3.15. The number of oxazole rings is 1.